The van der Waals surface area contributed by atoms with Crippen LogP contribution in [0.2, 0.25) is 0 Å². The van der Waals surface area contributed by atoms with Gasteiger partial charge in [0.05, 0.1) is 24.8 Å². The Labute approximate surface area is 233 Å². The van der Waals surface area contributed by atoms with Gasteiger partial charge < -0.3 is 14.4 Å². The summed E-state index contributed by atoms with van der Waals surface area (Å²) in [4.78, 5) is 24.8. The lowest BCUT2D eigenvalue weighted by Gasteiger charge is -2.19. The molecule has 0 bridgehead atoms. The normalized spacial score (nSPS) is 11.4. The Morgan fingerprint density at radius 1 is 0.900 bits per heavy atom. The van der Waals surface area contributed by atoms with Crippen molar-refractivity contribution in [2.24, 2.45) is 26.4 Å². The SMILES string of the molecule is COc1cc(N=Nc2ccc(C)cc2[N+](=O)[O-])c(OC)cc1N=Nc1ccc(N(C)CCCC(=O)C(C)C)cc1. The number of Topliss-reactive ketones (excluding diaryl/α,β-unsaturated/α-hetero) is 1. The van der Waals surface area contributed by atoms with Crippen molar-refractivity contribution < 1.29 is 19.2 Å². The number of nitrogens with zero attached hydrogens (tertiary/aromatic N) is 6. The van der Waals surface area contributed by atoms with E-state index in [2.05, 4.69) is 25.4 Å². The topological polar surface area (TPSA) is 131 Å². The summed E-state index contributed by atoms with van der Waals surface area (Å²) in [6, 6.07) is 15.5. The van der Waals surface area contributed by atoms with E-state index < -0.39 is 4.92 Å². The van der Waals surface area contributed by atoms with Gasteiger partial charge in [-0.2, -0.15) is 5.11 Å². The van der Waals surface area contributed by atoms with E-state index in [0.29, 0.717) is 35.0 Å². The number of hydrogen-bond donors (Lipinski definition) is 0. The molecule has 0 N–H and O–H groups in total. The second kappa shape index (κ2) is 13.9. The molecule has 0 amide bonds. The van der Waals surface area contributed by atoms with Gasteiger partial charge in [0.15, 0.2) is 5.69 Å². The van der Waals surface area contributed by atoms with Gasteiger partial charge in [0.1, 0.15) is 28.7 Å². The van der Waals surface area contributed by atoms with Crippen LogP contribution in [0.15, 0.2) is 75.1 Å². The maximum atomic E-state index is 11.8. The van der Waals surface area contributed by atoms with Crippen LogP contribution in [0.1, 0.15) is 32.3 Å². The molecule has 0 atom stereocenters. The summed E-state index contributed by atoms with van der Waals surface area (Å²) in [6.45, 7) is 6.39. The van der Waals surface area contributed by atoms with Gasteiger partial charge in [0.2, 0.25) is 0 Å². The highest BCUT2D eigenvalue weighted by Gasteiger charge is 2.15. The first kappa shape index (κ1) is 29.9. The van der Waals surface area contributed by atoms with Crippen molar-refractivity contribution >= 4 is 39.9 Å². The predicted octanol–water partition coefficient (Wildman–Crippen LogP) is 8.19. The number of rotatable bonds is 13. The second-order valence-electron chi connectivity index (χ2n) is 9.51. The lowest BCUT2D eigenvalue weighted by molar-refractivity contribution is -0.384. The predicted molar refractivity (Wildman–Crippen MR) is 155 cm³/mol. The summed E-state index contributed by atoms with van der Waals surface area (Å²) in [5.74, 6) is 1.07. The van der Waals surface area contributed by atoms with Crippen molar-refractivity contribution in [2.75, 3.05) is 32.7 Å². The van der Waals surface area contributed by atoms with E-state index in [1.807, 2.05) is 45.2 Å². The fourth-order valence-corrected chi connectivity index (χ4v) is 3.79. The molecular weight excluding hydrogens is 512 g/mol. The highest BCUT2D eigenvalue weighted by molar-refractivity contribution is 5.80. The molecule has 0 saturated carbocycles. The van der Waals surface area contributed by atoms with Crippen molar-refractivity contribution in [3.05, 3.63) is 70.3 Å². The van der Waals surface area contributed by atoms with E-state index in [-0.39, 0.29) is 23.1 Å². The lowest BCUT2D eigenvalue weighted by Crippen LogP contribution is -2.19. The van der Waals surface area contributed by atoms with Gasteiger partial charge in [-0.25, -0.2) is 0 Å². The first-order valence-corrected chi connectivity index (χ1v) is 12.8. The molecule has 40 heavy (non-hydrogen) atoms. The van der Waals surface area contributed by atoms with Gasteiger partial charge in [0.25, 0.3) is 5.69 Å². The van der Waals surface area contributed by atoms with Gasteiger partial charge in [-0.1, -0.05) is 19.9 Å². The quantitative estimate of drug-likeness (QED) is 0.121. The zero-order chi connectivity index (χ0) is 29.2. The van der Waals surface area contributed by atoms with Crippen LogP contribution in [-0.4, -0.2) is 38.5 Å². The van der Waals surface area contributed by atoms with Crippen LogP contribution in [0.3, 0.4) is 0 Å². The number of anilines is 1. The fourth-order valence-electron chi connectivity index (χ4n) is 3.79. The van der Waals surface area contributed by atoms with Crippen molar-refractivity contribution in [1.29, 1.82) is 0 Å². The minimum Gasteiger partial charge on any atom is -0.494 e. The number of carbonyl (C=O) groups is 1. The molecule has 3 rings (SSSR count). The average Bonchev–Trinajstić information content (AvgIpc) is 2.95. The van der Waals surface area contributed by atoms with Crippen molar-refractivity contribution in [1.82, 2.24) is 0 Å². The lowest BCUT2D eigenvalue weighted by atomic mass is 10.0. The van der Waals surface area contributed by atoms with E-state index in [4.69, 9.17) is 9.47 Å². The van der Waals surface area contributed by atoms with Crippen molar-refractivity contribution in [3.8, 4) is 11.5 Å². The summed E-state index contributed by atoms with van der Waals surface area (Å²) in [5.41, 5.74) is 3.11. The highest BCUT2D eigenvalue weighted by Crippen LogP contribution is 2.41. The van der Waals surface area contributed by atoms with E-state index in [1.165, 1.54) is 20.3 Å². The zero-order valence-corrected chi connectivity index (χ0v) is 23.6. The number of azo groups is 2. The van der Waals surface area contributed by atoms with Crippen LogP contribution >= 0.6 is 0 Å². The fraction of sp³-hybridized carbons (Fsp3) is 0.345. The summed E-state index contributed by atoms with van der Waals surface area (Å²) in [7, 11) is 4.96. The number of methoxy groups -OCH3 is 2. The van der Waals surface area contributed by atoms with Gasteiger partial charge in [0, 0.05) is 49.8 Å². The number of aryl methyl sites for hydroxylation is 1. The molecular formula is C29H34N6O5. The summed E-state index contributed by atoms with van der Waals surface area (Å²) in [6.07, 6.45) is 1.37. The van der Waals surface area contributed by atoms with E-state index in [0.717, 1.165) is 24.2 Å². The number of hydrogen-bond acceptors (Lipinski definition) is 10. The van der Waals surface area contributed by atoms with Crippen LogP contribution in [0, 0.1) is 23.0 Å². The number of nitro benzene ring substituents is 1. The highest BCUT2D eigenvalue weighted by atomic mass is 16.6. The third-order valence-corrected chi connectivity index (χ3v) is 6.20. The first-order valence-electron chi connectivity index (χ1n) is 12.8. The molecule has 0 heterocycles. The Morgan fingerprint density at radius 3 is 2.02 bits per heavy atom. The molecule has 0 unspecified atom stereocenters. The Bertz CT molecular complexity index is 1400. The first-order chi connectivity index (χ1) is 19.1. The van der Waals surface area contributed by atoms with Gasteiger partial charge in [-0.05, 0) is 49.2 Å². The number of carbonyl (C=O) groups excluding carboxylic acids is 1. The van der Waals surface area contributed by atoms with Crippen LogP contribution < -0.4 is 14.4 Å². The smallest absolute Gasteiger partial charge is 0.296 e. The minimum atomic E-state index is -0.497. The summed E-state index contributed by atoms with van der Waals surface area (Å²) < 4.78 is 10.9. The van der Waals surface area contributed by atoms with Crippen molar-refractivity contribution in [3.63, 3.8) is 0 Å². The number of benzene rings is 3. The molecule has 0 aliphatic rings. The largest absolute Gasteiger partial charge is 0.494 e. The van der Waals surface area contributed by atoms with Crippen LogP contribution in [-0.2, 0) is 4.79 Å². The van der Waals surface area contributed by atoms with E-state index >= 15 is 0 Å². The molecule has 0 radical (unpaired) electrons. The molecule has 3 aromatic rings. The Balaban J connectivity index is 1.76. The summed E-state index contributed by atoms with van der Waals surface area (Å²) >= 11 is 0. The monoisotopic (exact) mass is 546 g/mol. The maximum absolute atomic E-state index is 11.8. The van der Waals surface area contributed by atoms with E-state index in [9.17, 15) is 14.9 Å². The molecule has 0 saturated heterocycles. The Kier molecular flexibility index (Phi) is 10.4. The molecule has 0 aliphatic carbocycles. The van der Waals surface area contributed by atoms with Crippen LogP contribution in [0.5, 0.6) is 11.5 Å². The van der Waals surface area contributed by atoms with Gasteiger partial charge >= 0.3 is 0 Å². The van der Waals surface area contributed by atoms with Gasteiger partial charge in [-0.15, -0.1) is 15.3 Å². The Hall–Kier alpha value is -4.67. The molecule has 210 valence electrons. The summed E-state index contributed by atoms with van der Waals surface area (Å²) in [5, 5.41) is 28.3. The Morgan fingerprint density at radius 2 is 1.48 bits per heavy atom. The van der Waals surface area contributed by atoms with Crippen molar-refractivity contribution in [2.45, 2.75) is 33.6 Å². The standard InChI is InChI=1S/C29H34N6O5/c1-19(2)27(36)8-7-15-34(4)22-12-10-21(11-13-22)30-32-24-17-29(40-6)25(18-28(24)39-5)33-31-23-14-9-20(3)16-26(23)35(37)38/h9-14,16-19H,7-8,15H2,1-6H3. The third-order valence-electron chi connectivity index (χ3n) is 6.20. The number of ketones is 1. The number of ether oxygens (including phenoxy) is 2. The minimum absolute atomic E-state index is 0.0665. The van der Waals surface area contributed by atoms with Crippen LogP contribution in [0.25, 0.3) is 0 Å². The second-order valence-corrected chi connectivity index (χ2v) is 9.51. The molecule has 11 nitrogen and oxygen atoms in total. The average molecular weight is 547 g/mol. The molecule has 3 aromatic carbocycles. The molecule has 0 fully saturated rings. The maximum Gasteiger partial charge on any atom is 0.296 e. The molecule has 0 spiro atoms. The van der Waals surface area contributed by atoms with Gasteiger partial charge in [-0.3, -0.25) is 14.9 Å². The number of nitro groups is 1. The van der Waals surface area contributed by atoms with Crippen LogP contribution in [0.4, 0.5) is 34.1 Å². The third kappa shape index (κ3) is 7.92. The molecule has 0 aliphatic heterocycles. The molecule has 0 aromatic heterocycles. The van der Waals surface area contributed by atoms with E-state index in [1.54, 1.807) is 31.2 Å². The zero-order valence-electron chi connectivity index (χ0n) is 23.6. The molecule has 11 heteroatoms.